The minimum atomic E-state index is -1.16. The molecule has 18 heavy (non-hydrogen) atoms. The monoisotopic (exact) mass is 245 g/mol. The number of aromatic nitrogens is 3. The van der Waals surface area contributed by atoms with Gasteiger partial charge >= 0.3 is 0 Å². The number of carbonyl (C=O) groups excluding carboxylic acids is 1. The molecule has 4 nitrogen and oxygen atoms in total. The Morgan fingerprint density at radius 2 is 2.11 bits per heavy atom. The molecule has 1 aliphatic rings. The smallest absolute Gasteiger partial charge is 0.217 e. The highest BCUT2D eigenvalue weighted by Gasteiger charge is 2.35. The van der Waals surface area contributed by atoms with E-state index in [4.69, 9.17) is 0 Å². The summed E-state index contributed by atoms with van der Waals surface area (Å²) in [5.41, 5.74) is 0.985. The number of carbonyl (C=O) groups is 1. The number of rotatable bonds is 2. The van der Waals surface area contributed by atoms with Gasteiger partial charge in [0.2, 0.25) is 5.82 Å². The molecular formula is C13H12FN3O. The lowest BCUT2D eigenvalue weighted by Crippen LogP contribution is -2.08. The van der Waals surface area contributed by atoms with Crippen LogP contribution in [0.2, 0.25) is 0 Å². The van der Waals surface area contributed by atoms with Crippen molar-refractivity contribution >= 4 is 5.78 Å². The number of alkyl halides is 1. The van der Waals surface area contributed by atoms with Crippen LogP contribution in [0.5, 0.6) is 0 Å². The van der Waals surface area contributed by atoms with Gasteiger partial charge in [-0.25, -0.2) is 14.1 Å². The zero-order valence-corrected chi connectivity index (χ0v) is 9.88. The summed E-state index contributed by atoms with van der Waals surface area (Å²) in [6, 6.07) is 9.42. The molecule has 3 rings (SSSR count). The first-order valence-corrected chi connectivity index (χ1v) is 5.83. The van der Waals surface area contributed by atoms with Crippen LogP contribution in [0, 0.1) is 0 Å². The van der Waals surface area contributed by atoms with Gasteiger partial charge in [0.25, 0.3) is 0 Å². The Hall–Kier alpha value is -2.04. The number of benzene rings is 1. The van der Waals surface area contributed by atoms with Crippen LogP contribution in [0.3, 0.4) is 0 Å². The van der Waals surface area contributed by atoms with Crippen molar-refractivity contribution in [3.05, 3.63) is 47.5 Å². The Morgan fingerprint density at radius 1 is 1.39 bits per heavy atom. The predicted octanol–water partition coefficient (Wildman–Crippen LogP) is 2.48. The maximum absolute atomic E-state index is 13.9. The second-order valence-electron chi connectivity index (χ2n) is 4.42. The molecular weight excluding hydrogens is 233 g/mol. The third kappa shape index (κ3) is 1.63. The number of hydrogen-bond donors (Lipinski definition) is 0. The summed E-state index contributed by atoms with van der Waals surface area (Å²) in [4.78, 5) is 15.2. The van der Waals surface area contributed by atoms with E-state index in [1.165, 1.54) is 11.6 Å². The Bertz CT molecular complexity index is 594. The third-order valence-corrected chi connectivity index (χ3v) is 3.16. The van der Waals surface area contributed by atoms with E-state index in [2.05, 4.69) is 10.1 Å². The van der Waals surface area contributed by atoms with Gasteiger partial charge < -0.3 is 0 Å². The summed E-state index contributed by atoms with van der Waals surface area (Å²) < 4.78 is 15.4. The van der Waals surface area contributed by atoms with E-state index in [1.54, 1.807) is 0 Å². The molecule has 2 aromatic rings. The number of Topliss-reactive ketones (excluding diaryl/α,β-unsaturated/α-hetero) is 1. The summed E-state index contributed by atoms with van der Waals surface area (Å²) in [6.45, 7) is 1.38. The maximum Gasteiger partial charge on any atom is 0.217 e. The topological polar surface area (TPSA) is 47.8 Å². The molecule has 92 valence electrons. The molecule has 2 atom stereocenters. The van der Waals surface area contributed by atoms with Gasteiger partial charge in [-0.05, 0) is 5.56 Å². The van der Waals surface area contributed by atoms with Crippen molar-refractivity contribution in [2.45, 2.75) is 25.6 Å². The SMILES string of the molecule is CC(=O)c1nc2n(n1)C(c1ccccc1)CC2F. The molecule has 1 aliphatic heterocycles. The van der Waals surface area contributed by atoms with Gasteiger partial charge in [-0.15, -0.1) is 5.10 Å². The van der Waals surface area contributed by atoms with Crippen molar-refractivity contribution in [3.8, 4) is 0 Å². The molecule has 0 radical (unpaired) electrons. The molecule has 0 amide bonds. The second-order valence-corrected chi connectivity index (χ2v) is 4.42. The summed E-state index contributed by atoms with van der Waals surface area (Å²) in [6.07, 6.45) is -0.826. The van der Waals surface area contributed by atoms with E-state index >= 15 is 0 Å². The molecule has 0 bridgehead atoms. The Morgan fingerprint density at radius 3 is 2.78 bits per heavy atom. The molecule has 0 N–H and O–H groups in total. The molecule has 0 saturated heterocycles. The number of nitrogens with zero attached hydrogens (tertiary/aromatic N) is 3. The predicted molar refractivity (Wildman–Crippen MR) is 63.1 cm³/mol. The molecule has 1 aromatic carbocycles. The maximum atomic E-state index is 13.9. The van der Waals surface area contributed by atoms with Crippen molar-refractivity contribution in [1.82, 2.24) is 14.8 Å². The molecule has 1 aromatic heterocycles. The fourth-order valence-corrected chi connectivity index (χ4v) is 2.28. The first kappa shape index (κ1) is 11.1. The van der Waals surface area contributed by atoms with Gasteiger partial charge in [0.1, 0.15) is 0 Å². The lowest BCUT2D eigenvalue weighted by atomic mass is 10.0. The van der Waals surface area contributed by atoms with Gasteiger partial charge in [-0.2, -0.15) is 0 Å². The fourth-order valence-electron chi connectivity index (χ4n) is 2.28. The van der Waals surface area contributed by atoms with E-state index in [9.17, 15) is 9.18 Å². The van der Waals surface area contributed by atoms with Crippen LogP contribution in [0.1, 0.15) is 47.6 Å². The van der Waals surface area contributed by atoms with Crippen molar-refractivity contribution < 1.29 is 9.18 Å². The number of ketones is 1. The van der Waals surface area contributed by atoms with Crippen molar-refractivity contribution in [3.63, 3.8) is 0 Å². The number of fused-ring (bicyclic) bond motifs is 1. The van der Waals surface area contributed by atoms with E-state index < -0.39 is 6.17 Å². The molecule has 0 aliphatic carbocycles. The third-order valence-electron chi connectivity index (χ3n) is 3.16. The first-order chi connectivity index (χ1) is 8.66. The highest BCUT2D eigenvalue weighted by Crippen LogP contribution is 2.39. The lowest BCUT2D eigenvalue weighted by Gasteiger charge is -2.11. The molecule has 2 unspecified atom stereocenters. The van der Waals surface area contributed by atoms with Crippen LogP contribution in [-0.4, -0.2) is 20.5 Å². The van der Waals surface area contributed by atoms with Gasteiger partial charge in [0.15, 0.2) is 17.8 Å². The van der Waals surface area contributed by atoms with Gasteiger partial charge in [-0.3, -0.25) is 4.79 Å². The average molecular weight is 245 g/mol. The molecule has 5 heteroatoms. The number of hydrogen-bond acceptors (Lipinski definition) is 3. The van der Waals surface area contributed by atoms with Crippen LogP contribution in [0.25, 0.3) is 0 Å². The second kappa shape index (κ2) is 4.01. The summed E-state index contributed by atoms with van der Waals surface area (Å²) in [5.74, 6) is 0.109. The minimum Gasteiger partial charge on any atom is -0.291 e. The molecule has 2 heterocycles. The van der Waals surface area contributed by atoms with Crippen molar-refractivity contribution in [2.75, 3.05) is 0 Å². The van der Waals surface area contributed by atoms with Crippen LogP contribution in [-0.2, 0) is 0 Å². The van der Waals surface area contributed by atoms with Crippen LogP contribution in [0.4, 0.5) is 4.39 Å². The lowest BCUT2D eigenvalue weighted by molar-refractivity contribution is 0.100. The van der Waals surface area contributed by atoms with Crippen molar-refractivity contribution in [2.24, 2.45) is 0 Å². The quantitative estimate of drug-likeness (QED) is 0.764. The zero-order valence-electron chi connectivity index (χ0n) is 9.88. The zero-order chi connectivity index (χ0) is 12.7. The molecule has 0 saturated carbocycles. The normalized spacial score (nSPS) is 21.9. The first-order valence-electron chi connectivity index (χ1n) is 5.83. The largest absolute Gasteiger partial charge is 0.291 e. The van der Waals surface area contributed by atoms with Crippen molar-refractivity contribution in [1.29, 1.82) is 0 Å². The average Bonchev–Trinajstić information content (AvgIpc) is 2.92. The van der Waals surface area contributed by atoms with Gasteiger partial charge in [-0.1, -0.05) is 30.3 Å². The summed E-state index contributed by atoms with van der Waals surface area (Å²) >= 11 is 0. The number of halogens is 1. The van der Waals surface area contributed by atoms with Crippen LogP contribution < -0.4 is 0 Å². The van der Waals surface area contributed by atoms with E-state index in [1.807, 2.05) is 30.3 Å². The van der Waals surface area contributed by atoms with Crippen LogP contribution in [0.15, 0.2) is 30.3 Å². The summed E-state index contributed by atoms with van der Waals surface area (Å²) in [5, 5.41) is 4.11. The van der Waals surface area contributed by atoms with E-state index in [-0.39, 0.29) is 23.5 Å². The minimum absolute atomic E-state index is 0.0910. The van der Waals surface area contributed by atoms with Crippen LogP contribution >= 0.6 is 0 Å². The standard InChI is InChI=1S/C13H12FN3O/c1-8(18)12-15-13-10(14)7-11(17(13)16-12)9-5-3-2-4-6-9/h2-6,10-11H,7H2,1H3. The molecule has 0 spiro atoms. The van der Waals surface area contributed by atoms with Gasteiger partial charge in [0, 0.05) is 13.3 Å². The summed E-state index contributed by atoms with van der Waals surface area (Å²) in [7, 11) is 0. The highest BCUT2D eigenvalue weighted by molar-refractivity contribution is 5.90. The van der Waals surface area contributed by atoms with Gasteiger partial charge in [0.05, 0.1) is 6.04 Å². The highest BCUT2D eigenvalue weighted by atomic mass is 19.1. The Labute approximate surface area is 103 Å². The van der Waals surface area contributed by atoms with E-state index in [0.29, 0.717) is 6.42 Å². The Balaban J connectivity index is 2.05. The Kier molecular flexibility index (Phi) is 2.47. The fraction of sp³-hybridized carbons (Fsp3) is 0.308. The molecule has 0 fully saturated rings. The van der Waals surface area contributed by atoms with E-state index in [0.717, 1.165) is 5.56 Å².